The van der Waals surface area contributed by atoms with Gasteiger partial charge in [0.25, 0.3) is 0 Å². The largest absolute Gasteiger partial charge is 0.458 e. The van der Waals surface area contributed by atoms with E-state index in [2.05, 4.69) is 20.9 Å². The molecular weight excluding hydrogens is 414 g/mol. The van der Waals surface area contributed by atoms with Crippen LogP contribution in [0.15, 0.2) is 6.20 Å². The van der Waals surface area contributed by atoms with Gasteiger partial charge in [0.1, 0.15) is 17.2 Å². The average Bonchev–Trinajstić information content (AvgIpc) is 3.07. The van der Waals surface area contributed by atoms with Gasteiger partial charge in [-0.1, -0.05) is 26.0 Å². The zero-order chi connectivity index (χ0) is 24.7. The molecule has 0 aliphatic carbocycles. The Kier molecular flexibility index (Phi) is 9.23. The van der Waals surface area contributed by atoms with Gasteiger partial charge in [-0.05, 0) is 60.8 Å². The van der Waals surface area contributed by atoms with Crippen molar-refractivity contribution in [3.8, 4) is 0 Å². The van der Waals surface area contributed by atoms with Gasteiger partial charge in [-0.25, -0.2) is 14.4 Å². The third-order valence-corrected chi connectivity index (χ3v) is 4.05. The first-order chi connectivity index (χ1) is 14.5. The average molecular weight is 454 g/mol. The van der Waals surface area contributed by atoms with Crippen molar-refractivity contribution in [2.45, 2.75) is 104 Å². The summed E-state index contributed by atoms with van der Waals surface area (Å²) in [5.41, 5.74) is -0.832. The number of alkyl carbamates (subject to hydrolysis) is 1. The van der Waals surface area contributed by atoms with Gasteiger partial charge in [-0.3, -0.25) is 0 Å². The minimum Gasteiger partial charge on any atom is -0.458 e. The highest BCUT2D eigenvalue weighted by molar-refractivity contribution is 5.81. The molecule has 0 fully saturated rings. The van der Waals surface area contributed by atoms with Gasteiger partial charge in [0, 0.05) is 12.0 Å². The number of amides is 2. The quantitative estimate of drug-likeness (QED) is 0.478. The van der Waals surface area contributed by atoms with Crippen LogP contribution in [0.4, 0.5) is 9.59 Å². The molecule has 1 atom stereocenters. The van der Waals surface area contributed by atoms with Crippen LogP contribution in [0.25, 0.3) is 0 Å². The molecule has 2 N–H and O–H groups in total. The predicted molar refractivity (Wildman–Crippen MR) is 120 cm³/mol. The topological polar surface area (TPSA) is 124 Å². The van der Waals surface area contributed by atoms with E-state index in [4.69, 9.17) is 9.47 Å². The molecular formula is C22H39N5O5. The van der Waals surface area contributed by atoms with Crippen LogP contribution in [0.1, 0.15) is 87.3 Å². The monoisotopic (exact) mass is 453 g/mol. The number of hydrogen-bond acceptors (Lipinski definition) is 7. The number of unbranched alkanes of at least 4 members (excludes halogenated alkanes) is 1. The van der Waals surface area contributed by atoms with Crippen LogP contribution in [0.2, 0.25) is 0 Å². The van der Waals surface area contributed by atoms with Crippen LogP contribution in [0.5, 0.6) is 0 Å². The second kappa shape index (κ2) is 10.8. The number of ether oxygens (including phenoxy) is 2. The minimum absolute atomic E-state index is 0.198. The number of nitrogens with one attached hydrogen (secondary N) is 2. The summed E-state index contributed by atoms with van der Waals surface area (Å²) in [4.78, 5) is 36.9. The number of carbonyl (C=O) groups excluding carboxylic acids is 3. The summed E-state index contributed by atoms with van der Waals surface area (Å²) >= 11 is 0. The van der Waals surface area contributed by atoms with Crippen molar-refractivity contribution in [1.82, 2.24) is 25.6 Å². The molecule has 182 valence electrons. The molecule has 0 aromatic carbocycles. The molecule has 1 rings (SSSR count). The van der Waals surface area contributed by atoms with Crippen LogP contribution < -0.4 is 10.6 Å². The van der Waals surface area contributed by atoms with Gasteiger partial charge in [-0.2, -0.15) is 4.68 Å². The number of rotatable bonds is 7. The van der Waals surface area contributed by atoms with Crippen molar-refractivity contribution in [3.63, 3.8) is 0 Å². The lowest BCUT2D eigenvalue weighted by Crippen LogP contribution is -2.46. The van der Waals surface area contributed by atoms with Crippen LogP contribution in [-0.2, 0) is 19.7 Å². The van der Waals surface area contributed by atoms with Gasteiger partial charge < -0.3 is 20.1 Å². The molecule has 1 aromatic rings. The summed E-state index contributed by atoms with van der Waals surface area (Å²) in [6.07, 6.45) is 2.45. The molecule has 0 aliphatic rings. The fourth-order valence-electron chi connectivity index (χ4n) is 2.53. The molecule has 32 heavy (non-hydrogen) atoms. The number of aromatic nitrogens is 3. The highest BCUT2D eigenvalue weighted by atomic mass is 16.6. The number of carbonyl (C=O) groups is 3. The molecule has 0 radical (unpaired) electrons. The third kappa shape index (κ3) is 10.6. The van der Waals surface area contributed by atoms with Crippen molar-refractivity contribution in [3.05, 3.63) is 11.9 Å². The zero-order valence-corrected chi connectivity index (χ0v) is 20.9. The number of esters is 1. The third-order valence-electron chi connectivity index (χ3n) is 4.05. The molecule has 1 aromatic heterocycles. The van der Waals surface area contributed by atoms with Crippen molar-refractivity contribution in [2.24, 2.45) is 0 Å². The lowest BCUT2D eigenvalue weighted by molar-refractivity contribution is -0.157. The van der Waals surface area contributed by atoms with E-state index >= 15 is 0 Å². The molecule has 1 heterocycles. The summed E-state index contributed by atoms with van der Waals surface area (Å²) in [6.45, 7) is 16.9. The van der Waals surface area contributed by atoms with E-state index < -0.39 is 29.3 Å². The first kappa shape index (κ1) is 27.4. The van der Waals surface area contributed by atoms with Gasteiger partial charge in [0.05, 0.1) is 11.9 Å². The van der Waals surface area contributed by atoms with Gasteiger partial charge in [-0.15, -0.1) is 5.10 Å². The van der Waals surface area contributed by atoms with Crippen molar-refractivity contribution < 1.29 is 23.9 Å². The second-order valence-electron chi connectivity index (χ2n) is 10.8. The Morgan fingerprint density at radius 2 is 1.56 bits per heavy atom. The molecule has 0 unspecified atom stereocenters. The lowest BCUT2D eigenvalue weighted by Gasteiger charge is -2.26. The maximum Gasteiger partial charge on any atom is 0.408 e. The summed E-state index contributed by atoms with van der Waals surface area (Å²) in [5.74, 6) is -0.523. The Balaban J connectivity index is 2.56. The van der Waals surface area contributed by atoms with E-state index in [-0.39, 0.29) is 11.4 Å². The standard InChI is InChI=1S/C22H39N5O5/c1-20(2,3)16-14-27(26-25-16)18(29)23-13-11-10-12-15(17(28)31-21(4,5)6)24-19(30)32-22(7,8)9/h14-15H,10-13H2,1-9H3,(H,23,29)(H,24,30)/t15-/m0/s1. The van der Waals surface area contributed by atoms with Crippen LogP contribution in [0.3, 0.4) is 0 Å². The molecule has 0 aliphatic heterocycles. The van der Waals surface area contributed by atoms with E-state index in [9.17, 15) is 14.4 Å². The Labute approximate surface area is 190 Å². The highest BCUT2D eigenvalue weighted by Gasteiger charge is 2.28. The van der Waals surface area contributed by atoms with Crippen LogP contribution >= 0.6 is 0 Å². The molecule has 0 saturated carbocycles. The Morgan fingerprint density at radius 1 is 0.969 bits per heavy atom. The normalized spacial score (nSPS) is 13.3. The highest BCUT2D eigenvalue weighted by Crippen LogP contribution is 2.18. The van der Waals surface area contributed by atoms with Crippen molar-refractivity contribution >= 4 is 18.1 Å². The zero-order valence-electron chi connectivity index (χ0n) is 20.9. The predicted octanol–water partition coefficient (Wildman–Crippen LogP) is 3.54. The van der Waals surface area contributed by atoms with Crippen molar-refractivity contribution in [1.29, 1.82) is 0 Å². The van der Waals surface area contributed by atoms with E-state index in [1.54, 1.807) is 47.7 Å². The summed E-state index contributed by atoms with van der Waals surface area (Å²) in [7, 11) is 0. The SMILES string of the molecule is CC(C)(C)OC(=O)N[C@@H](CCCCNC(=O)n1cc(C(C)(C)C)nn1)C(=O)OC(C)(C)C. The first-order valence-electron chi connectivity index (χ1n) is 10.9. The van der Waals surface area contributed by atoms with E-state index in [0.717, 1.165) is 5.69 Å². The first-order valence-corrected chi connectivity index (χ1v) is 10.9. The summed E-state index contributed by atoms with van der Waals surface area (Å²) < 4.78 is 11.8. The van der Waals surface area contributed by atoms with E-state index in [1.165, 1.54) is 4.68 Å². The molecule has 10 nitrogen and oxygen atoms in total. The maximum absolute atomic E-state index is 12.5. The Morgan fingerprint density at radius 3 is 2.06 bits per heavy atom. The Hall–Kier alpha value is -2.65. The molecule has 10 heteroatoms. The summed E-state index contributed by atoms with van der Waals surface area (Å²) in [5, 5.41) is 13.2. The fourth-order valence-corrected chi connectivity index (χ4v) is 2.53. The summed E-state index contributed by atoms with van der Waals surface area (Å²) in [6, 6.07) is -1.21. The van der Waals surface area contributed by atoms with Crippen LogP contribution in [0, 0.1) is 0 Å². The van der Waals surface area contributed by atoms with Crippen molar-refractivity contribution in [2.75, 3.05) is 6.54 Å². The van der Waals surface area contributed by atoms with Gasteiger partial charge >= 0.3 is 18.1 Å². The van der Waals surface area contributed by atoms with E-state index in [1.807, 2.05) is 20.8 Å². The maximum atomic E-state index is 12.5. The van der Waals surface area contributed by atoms with Gasteiger partial charge in [0.15, 0.2) is 0 Å². The second-order valence-corrected chi connectivity index (χ2v) is 10.8. The molecule has 2 amide bonds. The molecule has 0 saturated heterocycles. The lowest BCUT2D eigenvalue weighted by atomic mass is 9.93. The van der Waals surface area contributed by atoms with Gasteiger partial charge in [0.2, 0.25) is 0 Å². The molecule has 0 spiro atoms. The Bertz CT molecular complexity index is 784. The number of hydrogen-bond donors (Lipinski definition) is 2. The smallest absolute Gasteiger partial charge is 0.408 e. The fraction of sp³-hybridized carbons (Fsp3) is 0.773. The number of nitrogens with zero attached hydrogens (tertiary/aromatic N) is 3. The molecule has 0 bridgehead atoms. The van der Waals surface area contributed by atoms with Crippen LogP contribution in [-0.4, -0.2) is 56.9 Å². The van der Waals surface area contributed by atoms with E-state index in [0.29, 0.717) is 25.8 Å². The minimum atomic E-state index is -0.843.